The number of terminal acetylenes is 1. The van der Waals surface area contributed by atoms with Crippen LogP contribution in [0.2, 0.25) is 0 Å². The molecule has 1 aromatic carbocycles. The van der Waals surface area contributed by atoms with E-state index >= 15 is 0 Å². The van der Waals surface area contributed by atoms with E-state index < -0.39 is 10.8 Å². The van der Waals surface area contributed by atoms with Crippen molar-refractivity contribution in [2.45, 2.75) is 12.1 Å². The first-order valence-electron chi connectivity index (χ1n) is 4.59. The van der Waals surface area contributed by atoms with Crippen LogP contribution in [0.4, 0.5) is 0 Å². The molecule has 15 heavy (non-hydrogen) atoms. The molecule has 2 rings (SSSR count). The lowest BCUT2D eigenvalue weighted by Crippen LogP contribution is -1.95. The second kappa shape index (κ2) is 3.87. The largest absolute Gasteiger partial charge is 0.331 e. The summed E-state index contributed by atoms with van der Waals surface area (Å²) in [5.74, 6) is 3.11. The van der Waals surface area contributed by atoms with Crippen LogP contribution in [0.25, 0.3) is 11.0 Å². The summed E-state index contributed by atoms with van der Waals surface area (Å²) in [5, 5.41) is 0.515. The summed E-state index contributed by atoms with van der Waals surface area (Å²) in [4.78, 5) is 7.25. The van der Waals surface area contributed by atoms with Gasteiger partial charge in [0.1, 0.15) is 0 Å². The molecule has 1 aromatic heterocycles. The van der Waals surface area contributed by atoms with Crippen LogP contribution in [0, 0.1) is 12.3 Å². The van der Waals surface area contributed by atoms with E-state index in [1.165, 1.54) is 0 Å². The fourth-order valence-corrected chi connectivity index (χ4v) is 2.02. The van der Waals surface area contributed by atoms with E-state index in [1.54, 1.807) is 0 Å². The van der Waals surface area contributed by atoms with E-state index in [0.29, 0.717) is 10.9 Å². The number of aromatic amines is 1. The smallest absolute Gasteiger partial charge is 0.197 e. The molecule has 0 amide bonds. The second-order valence-corrected chi connectivity index (χ2v) is 4.71. The molecule has 2 aromatic rings. The lowest BCUT2D eigenvalue weighted by molar-refractivity contribution is 0.679. The van der Waals surface area contributed by atoms with Crippen molar-refractivity contribution in [2.24, 2.45) is 0 Å². The number of fused-ring (bicyclic) bond motifs is 1. The highest BCUT2D eigenvalue weighted by atomic mass is 32.2. The monoisotopic (exact) mass is 218 g/mol. The number of aromatic nitrogens is 2. The maximum absolute atomic E-state index is 11.5. The van der Waals surface area contributed by atoms with Crippen LogP contribution in [0.15, 0.2) is 23.4 Å². The van der Waals surface area contributed by atoms with Gasteiger partial charge in [0.2, 0.25) is 0 Å². The van der Waals surface area contributed by atoms with Gasteiger partial charge in [0.05, 0.1) is 21.8 Å². The highest BCUT2D eigenvalue weighted by Gasteiger charge is 2.07. The molecule has 0 radical (unpaired) electrons. The fraction of sp³-hybridized carbons (Fsp3) is 0.182. The summed E-state index contributed by atoms with van der Waals surface area (Å²) >= 11 is 0. The first-order chi connectivity index (χ1) is 7.24. The normalized spacial score (nSPS) is 12.5. The first kappa shape index (κ1) is 9.94. The fourth-order valence-electron chi connectivity index (χ4n) is 1.32. The molecule has 4 heteroatoms. The number of nitrogens with one attached hydrogen (secondary N) is 1. The van der Waals surface area contributed by atoms with Gasteiger partial charge in [0, 0.05) is 11.3 Å². The lowest BCUT2D eigenvalue weighted by Gasteiger charge is -1.89. The third-order valence-electron chi connectivity index (χ3n) is 2.10. The van der Waals surface area contributed by atoms with E-state index in [1.807, 2.05) is 25.1 Å². The zero-order chi connectivity index (χ0) is 10.8. The van der Waals surface area contributed by atoms with E-state index in [-0.39, 0.29) is 0 Å². The van der Waals surface area contributed by atoms with Gasteiger partial charge >= 0.3 is 0 Å². The number of hydrogen-bond donors (Lipinski definition) is 1. The van der Waals surface area contributed by atoms with Gasteiger partial charge in [-0.1, -0.05) is 12.8 Å². The summed E-state index contributed by atoms with van der Waals surface area (Å²) in [6.45, 7) is 1.86. The summed E-state index contributed by atoms with van der Waals surface area (Å²) in [7, 11) is -1.05. The van der Waals surface area contributed by atoms with Gasteiger partial charge < -0.3 is 4.98 Å². The minimum Gasteiger partial charge on any atom is -0.331 e. The van der Waals surface area contributed by atoms with E-state index in [9.17, 15) is 4.21 Å². The molecular weight excluding hydrogens is 208 g/mol. The SMILES string of the molecule is C#Cc1ccc2nc(S(=O)CC)[nH]c2c1. The molecule has 1 unspecified atom stereocenters. The van der Waals surface area contributed by atoms with Gasteiger partial charge in [-0.25, -0.2) is 4.98 Å². The Labute approximate surface area is 90.4 Å². The minimum atomic E-state index is -1.05. The zero-order valence-electron chi connectivity index (χ0n) is 8.28. The molecule has 76 valence electrons. The molecule has 1 atom stereocenters. The van der Waals surface area contributed by atoms with Crippen LogP contribution < -0.4 is 0 Å². The van der Waals surface area contributed by atoms with Crippen molar-refractivity contribution < 1.29 is 4.21 Å². The zero-order valence-corrected chi connectivity index (χ0v) is 9.10. The van der Waals surface area contributed by atoms with Gasteiger partial charge in [0.25, 0.3) is 0 Å². The predicted octanol–water partition coefficient (Wildman–Crippen LogP) is 1.67. The topological polar surface area (TPSA) is 45.8 Å². The molecule has 0 saturated carbocycles. The summed E-state index contributed by atoms with van der Waals surface area (Å²) in [5.41, 5.74) is 2.42. The average Bonchev–Trinajstić information content (AvgIpc) is 2.70. The Morgan fingerprint density at radius 1 is 1.60 bits per heavy atom. The van der Waals surface area contributed by atoms with E-state index in [4.69, 9.17) is 6.42 Å². The Morgan fingerprint density at radius 2 is 2.40 bits per heavy atom. The van der Waals surface area contributed by atoms with Crippen LogP contribution >= 0.6 is 0 Å². The van der Waals surface area contributed by atoms with Gasteiger partial charge in [-0.3, -0.25) is 4.21 Å². The highest BCUT2D eigenvalue weighted by molar-refractivity contribution is 7.84. The third kappa shape index (κ3) is 1.79. The van der Waals surface area contributed by atoms with E-state index in [0.717, 1.165) is 16.6 Å². The van der Waals surface area contributed by atoms with Crippen molar-refractivity contribution in [3.63, 3.8) is 0 Å². The van der Waals surface area contributed by atoms with Gasteiger partial charge in [0.15, 0.2) is 5.16 Å². The van der Waals surface area contributed by atoms with E-state index in [2.05, 4.69) is 15.9 Å². The van der Waals surface area contributed by atoms with Crippen LogP contribution in [-0.4, -0.2) is 19.9 Å². The molecule has 0 fully saturated rings. The number of nitrogens with zero attached hydrogens (tertiary/aromatic N) is 1. The summed E-state index contributed by atoms with van der Waals surface area (Å²) in [6.07, 6.45) is 5.29. The van der Waals surface area contributed by atoms with Crippen LogP contribution in [0.1, 0.15) is 12.5 Å². The number of imidazole rings is 1. The molecule has 0 saturated heterocycles. The Balaban J connectivity index is 2.57. The molecule has 0 spiro atoms. The molecular formula is C11H10N2OS. The first-order valence-corrected chi connectivity index (χ1v) is 5.91. The number of rotatable bonds is 2. The van der Waals surface area contributed by atoms with Crippen molar-refractivity contribution in [2.75, 3.05) is 5.75 Å². The minimum absolute atomic E-state index is 0.515. The van der Waals surface area contributed by atoms with Crippen LogP contribution in [0.3, 0.4) is 0 Å². The maximum Gasteiger partial charge on any atom is 0.197 e. The van der Waals surface area contributed by atoms with Crippen molar-refractivity contribution in [1.82, 2.24) is 9.97 Å². The summed E-state index contributed by atoms with van der Waals surface area (Å²) in [6, 6.07) is 5.48. The quantitative estimate of drug-likeness (QED) is 0.779. The predicted molar refractivity (Wildman–Crippen MR) is 61.0 cm³/mol. The van der Waals surface area contributed by atoms with Crippen LogP contribution in [0.5, 0.6) is 0 Å². The molecule has 0 bridgehead atoms. The second-order valence-electron chi connectivity index (χ2n) is 3.05. The van der Waals surface area contributed by atoms with Gasteiger partial charge in [-0.2, -0.15) is 0 Å². The van der Waals surface area contributed by atoms with Crippen LogP contribution in [-0.2, 0) is 10.8 Å². The van der Waals surface area contributed by atoms with Crippen molar-refractivity contribution >= 4 is 21.8 Å². The Morgan fingerprint density at radius 3 is 3.07 bits per heavy atom. The Hall–Kier alpha value is -1.60. The summed E-state index contributed by atoms with van der Waals surface area (Å²) < 4.78 is 11.5. The Bertz CT molecular complexity index is 565. The average molecular weight is 218 g/mol. The van der Waals surface area contributed by atoms with Crippen molar-refractivity contribution in [1.29, 1.82) is 0 Å². The number of H-pyrrole nitrogens is 1. The lowest BCUT2D eigenvalue weighted by atomic mass is 10.2. The van der Waals surface area contributed by atoms with Gasteiger partial charge in [-0.05, 0) is 18.2 Å². The maximum atomic E-state index is 11.5. The third-order valence-corrected chi connectivity index (χ3v) is 3.25. The number of hydrogen-bond acceptors (Lipinski definition) is 2. The van der Waals surface area contributed by atoms with Crippen molar-refractivity contribution in [3.8, 4) is 12.3 Å². The molecule has 0 aliphatic carbocycles. The van der Waals surface area contributed by atoms with Gasteiger partial charge in [-0.15, -0.1) is 6.42 Å². The highest BCUT2D eigenvalue weighted by Crippen LogP contribution is 2.15. The molecule has 3 nitrogen and oxygen atoms in total. The molecule has 1 N–H and O–H groups in total. The standard InChI is InChI=1S/C11H10N2OS/c1-3-8-5-6-9-10(7-8)13-11(12-9)15(14)4-2/h1,5-7H,4H2,2H3,(H,12,13). The van der Waals surface area contributed by atoms with Crippen molar-refractivity contribution in [3.05, 3.63) is 23.8 Å². The molecule has 0 aliphatic heterocycles. The Kier molecular flexibility index (Phi) is 2.57. The number of benzene rings is 1. The molecule has 1 heterocycles. The molecule has 0 aliphatic rings.